The van der Waals surface area contributed by atoms with Gasteiger partial charge in [-0.05, 0) is 29.7 Å². The molecule has 0 saturated heterocycles. The van der Waals surface area contributed by atoms with Crippen LogP contribution in [0.2, 0.25) is 0 Å². The molecule has 22 heavy (non-hydrogen) atoms. The Hall–Kier alpha value is -2.80. The number of thiophene rings is 1. The van der Waals surface area contributed by atoms with E-state index in [0.717, 1.165) is 17.0 Å². The van der Waals surface area contributed by atoms with Crippen molar-refractivity contribution in [3.8, 4) is 0 Å². The highest BCUT2D eigenvalue weighted by Gasteiger charge is 2.31. The van der Waals surface area contributed by atoms with E-state index in [-0.39, 0.29) is 6.04 Å². The van der Waals surface area contributed by atoms with Crippen LogP contribution in [-0.2, 0) is 9.59 Å². The summed E-state index contributed by atoms with van der Waals surface area (Å²) in [4.78, 5) is 23.8. The molecule has 2 aromatic heterocycles. The lowest BCUT2D eigenvalue weighted by molar-refractivity contribution is -0.133. The Morgan fingerprint density at radius 1 is 1.32 bits per heavy atom. The molecule has 6 nitrogen and oxygen atoms in total. The van der Waals surface area contributed by atoms with Crippen LogP contribution in [0.25, 0.3) is 5.70 Å². The lowest BCUT2D eigenvalue weighted by Crippen LogP contribution is -2.38. The summed E-state index contributed by atoms with van der Waals surface area (Å²) < 4.78 is 5.33. The molecule has 0 bridgehead atoms. The third-order valence-corrected chi connectivity index (χ3v) is 4.01. The number of nitrogens with one attached hydrogen (secondary N) is 1. The standard InChI is InChI=1S/C15H12N2O4S/c18-14(5-6-15(19)20)17-11(13-4-2-8-22-13)9-10(16-17)12-3-1-7-21-12/h1-9,11,16H,(H,19,20)/t11-/m0/s1. The second kappa shape index (κ2) is 5.90. The maximum Gasteiger partial charge on any atom is 0.328 e. The van der Waals surface area contributed by atoms with Crippen LogP contribution in [0.4, 0.5) is 0 Å². The molecule has 3 rings (SSSR count). The van der Waals surface area contributed by atoms with Gasteiger partial charge >= 0.3 is 5.97 Å². The zero-order valence-corrected chi connectivity index (χ0v) is 12.1. The summed E-state index contributed by atoms with van der Waals surface area (Å²) in [6, 6.07) is 7.04. The first kappa shape index (κ1) is 14.2. The van der Waals surface area contributed by atoms with Gasteiger partial charge in [-0.2, -0.15) is 0 Å². The predicted octanol–water partition coefficient (Wildman–Crippen LogP) is 2.41. The van der Waals surface area contributed by atoms with Gasteiger partial charge in [-0.15, -0.1) is 11.3 Å². The molecule has 0 aromatic carbocycles. The molecule has 1 aliphatic heterocycles. The first-order valence-corrected chi connectivity index (χ1v) is 7.33. The minimum absolute atomic E-state index is 0.314. The SMILES string of the molecule is O=C(O)C=CC(=O)N1NC(c2ccco2)=C[C@H]1c1cccs1. The van der Waals surface area contributed by atoms with Gasteiger partial charge in [0.25, 0.3) is 5.91 Å². The molecular weight excluding hydrogens is 304 g/mol. The van der Waals surface area contributed by atoms with Crippen LogP contribution in [0.1, 0.15) is 16.7 Å². The summed E-state index contributed by atoms with van der Waals surface area (Å²) in [5.41, 5.74) is 3.64. The van der Waals surface area contributed by atoms with Crippen molar-refractivity contribution in [2.45, 2.75) is 6.04 Å². The highest BCUT2D eigenvalue weighted by molar-refractivity contribution is 7.10. The zero-order valence-electron chi connectivity index (χ0n) is 11.3. The Bertz CT molecular complexity index is 732. The number of aliphatic carboxylic acids is 1. The predicted molar refractivity (Wildman–Crippen MR) is 80.5 cm³/mol. The van der Waals surface area contributed by atoms with Crippen molar-refractivity contribution in [1.82, 2.24) is 10.4 Å². The van der Waals surface area contributed by atoms with E-state index in [1.54, 1.807) is 18.4 Å². The fourth-order valence-electron chi connectivity index (χ4n) is 2.12. The van der Waals surface area contributed by atoms with Crippen LogP contribution >= 0.6 is 11.3 Å². The molecule has 0 unspecified atom stereocenters. The van der Waals surface area contributed by atoms with Crippen LogP contribution in [0.3, 0.4) is 0 Å². The maximum absolute atomic E-state index is 12.2. The molecule has 112 valence electrons. The fourth-order valence-corrected chi connectivity index (χ4v) is 2.91. The molecule has 1 aliphatic rings. The van der Waals surface area contributed by atoms with Gasteiger partial charge < -0.3 is 9.52 Å². The number of carboxylic acids is 1. The molecule has 0 saturated carbocycles. The van der Waals surface area contributed by atoms with Crippen LogP contribution in [-0.4, -0.2) is 22.0 Å². The molecule has 0 aliphatic carbocycles. The first-order valence-electron chi connectivity index (χ1n) is 6.45. The Labute approximate surface area is 129 Å². The van der Waals surface area contributed by atoms with E-state index in [0.29, 0.717) is 11.5 Å². The van der Waals surface area contributed by atoms with Crippen LogP contribution in [0.15, 0.2) is 58.6 Å². The summed E-state index contributed by atoms with van der Waals surface area (Å²) in [7, 11) is 0. The second-order valence-corrected chi connectivity index (χ2v) is 5.49. The van der Waals surface area contributed by atoms with Gasteiger partial charge in [0.2, 0.25) is 0 Å². The van der Waals surface area contributed by atoms with Crippen LogP contribution in [0.5, 0.6) is 0 Å². The topological polar surface area (TPSA) is 82.8 Å². The number of carbonyl (C=O) groups excluding carboxylic acids is 1. The Balaban J connectivity index is 1.89. The van der Waals surface area contributed by atoms with E-state index >= 15 is 0 Å². The molecule has 0 radical (unpaired) electrons. The summed E-state index contributed by atoms with van der Waals surface area (Å²) in [5, 5.41) is 12.0. The molecular formula is C15H12N2O4S. The number of rotatable bonds is 4. The molecule has 3 heterocycles. The average molecular weight is 316 g/mol. The third-order valence-electron chi connectivity index (χ3n) is 3.07. The largest absolute Gasteiger partial charge is 0.478 e. The van der Waals surface area contributed by atoms with Gasteiger partial charge in [-0.1, -0.05) is 6.07 Å². The van der Waals surface area contributed by atoms with E-state index in [4.69, 9.17) is 9.52 Å². The van der Waals surface area contributed by atoms with Gasteiger partial charge in [0.15, 0.2) is 5.76 Å². The number of hydrogen-bond acceptors (Lipinski definition) is 5. The van der Waals surface area contributed by atoms with E-state index < -0.39 is 11.9 Å². The van der Waals surface area contributed by atoms with Crippen molar-refractivity contribution in [3.63, 3.8) is 0 Å². The van der Waals surface area contributed by atoms with Crippen molar-refractivity contribution < 1.29 is 19.1 Å². The van der Waals surface area contributed by atoms with Crippen molar-refractivity contribution >= 4 is 28.9 Å². The van der Waals surface area contributed by atoms with E-state index in [2.05, 4.69) is 5.43 Å². The van der Waals surface area contributed by atoms with Crippen LogP contribution in [0, 0.1) is 0 Å². The quantitative estimate of drug-likeness (QED) is 0.846. The van der Waals surface area contributed by atoms with Gasteiger partial charge in [0.05, 0.1) is 12.0 Å². The number of carboxylic acid groups (broad SMARTS) is 1. The summed E-state index contributed by atoms with van der Waals surface area (Å²) in [5.74, 6) is -1.00. The summed E-state index contributed by atoms with van der Waals surface area (Å²) in [6.07, 6.45) is 5.26. The monoisotopic (exact) mass is 316 g/mol. The number of hydrazine groups is 1. The third kappa shape index (κ3) is 2.79. The molecule has 7 heteroatoms. The second-order valence-electron chi connectivity index (χ2n) is 4.51. The Morgan fingerprint density at radius 2 is 2.18 bits per heavy atom. The molecule has 2 N–H and O–H groups in total. The number of furan rings is 1. The van der Waals surface area contributed by atoms with Gasteiger partial charge in [-0.3, -0.25) is 10.2 Å². The average Bonchev–Trinajstić information content (AvgIpc) is 3.23. The highest BCUT2D eigenvalue weighted by atomic mass is 32.1. The molecule has 1 atom stereocenters. The van der Waals surface area contributed by atoms with Gasteiger partial charge in [0, 0.05) is 17.0 Å². The van der Waals surface area contributed by atoms with Crippen molar-refractivity contribution in [2.24, 2.45) is 0 Å². The van der Waals surface area contributed by atoms with Gasteiger partial charge in [0.1, 0.15) is 6.04 Å². The minimum Gasteiger partial charge on any atom is -0.478 e. The Morgan fingerprint density at radius 3 is 2.82 bits per heavy atom. The van der Waals surface area contributed by atoms with E-state index in [1.165, 1.54) is 16.3 Å². The lowest BCUT2D eigenvalue weighted by Gasteiger charge is -2.22. The molecule has 2 aromatic rings. The Kier molecular flexibility index (Phi) is 3.80. The number of hydrogen-bond donors (Lipinski definition) is 2. The summed E-state index contributed by atoms with van der Waals surface area (Å²) >= 11 is 1.52. The molecule has 1 amide bonds. The van der Waals surface area contributed by atoms with E-state index in [9.17, 15) is 9.59 Å². The van der Waals surface area contributed by atoms with Gasteiger partial charge in [-0.25, -0.2) is 9.80 Å². The summed E-state index contributed by atoms with van der Waals surface area (Å²) in [6.45, 7) is 0. The number of nitrogens with zero attached hydrogens (tertiary/aromatic N) is 1. The normalized spacial score (nSPS) is 17.5. The molecule has 0 spiro atoms. The lowest BCUT2D eigenvalue weighted by atomic mass is 10.2. The van der Waals surface area contributed by atoms with Crippen molar-refractivity contribution in [3.05, 3.63) is 64.8 Å². The highest BCUT2D eigenvalue weighted by Crippen LogP contribution is 2.33. The first-order chi connectivity index (χ1) is 10.6. The zero-order chi connectivity index (χ0) is 15.5. The maximum atomic E-state index is 12.2. The number of carbonyl (C=O) groups is 2. The number of amides is 1. The van der Waals surface area contributed by atoms with Crippen molar-refractivity contribution in [2.75, 3.05) is 0 Å². The van der Waals surface area contributed by atoms with E-state index in [1.807, 2.05) is 23.6 Å². The van der Waals surface area contributed by atoms with Crippen LogP contribution < -0.4 is 5.43 Å². The van der Waals surface area contributed by atoms with Crippen molar-refractivity contribution in [1.29, 1.82) is 0 Å². The molecule has 0 fully saturated rings. The minimum atomic E-state index is -1.17. The smallest absolute Gasteiger partial charge is 0.328 e. The fraction of sp³-hybridized carbons (Fsp3) is 0.0667.